The van der Waals surface area contributed by atoms with E-state index in [4.69, 9.17) is 4.74 Å². The number of piperidine rings is 1. The van der Waals surface area contributed by atoms with Crippen LogP contribution in [0.15, 0.2) is 30.3 Å². The molecular weight excluding hydrogens is 340 g/mol. The van der Waals surface area contributed by atoms with E-state index in [9.17, 15) is 9.59 Å². The highest BCUT2D eigenvalue weighted by Crippen LogP contribution is 2.30. The Bertz CT molecular complexity index is 649. The van der Waals surface area contributed by atoms with Gasteiger partial charge in [-0.1, -0.05) is 43.2 Å². The van der Waals surface area contributed by atoms with Gasteiger partial charge in [-0.15, -0.1) is 0 Å². The Hall–Kier alpha value is -1.88. The maximum atomic E-state index is 13.0. The highest BCUT2D eigenvalue weighted by molar-refractivity contribution is 5.81. The average molecular weight is 370 g/mol. The van der Waals surface area contributed by atoms with E-state index in [1.807, 2.05) is 28.0 Å². The van der Waals surface area contributed by atoms with E-state index >= 15 is 0 Å². The van der Waals surface area contributed by atoms with Crippen molar-refractivity contribution < 1.29 is 14.3 Å². The third-order valence-electron chi connectivity index (χ3n) is 6.41. The van der Waals surface area contributed by atoms with Crippen molar-refractivity contribution >= 4 is 11.8 Å². The predicted molar refractivity (Wildman–Crippen MR) is 103 cm³/mol. The lowest BCUT2D eigenvalue weighted by atomic mass is 9.93. The normalized spacial score (nSPS) is 25.0. The average Bonchev–Trinajstić information content (AvgIpc) is 3.28. The van der Waals surface area contributed by atoms with Crippen LogP contribution in [0.2, 0.25) is 0 Å². The maximum absolute atomic E-state index is 13.0. The van der Waals surface area contributed by atoms with E-state index in [1.54, 1.807) is 0 Å². The quantitative estimate of drug-likeness (QED) is 0.822. The number of hydrogen-bond acceptors (Lipinski definition) is 3. The molecule has 2 heterocycles. The monoisotopic (exact) mass is 370 g/mol. The Balaban J connectivity index is 1.30. The van der Waals surface area contributed by atoms with Gasteiger partial charge < -0.3 is 14.5 Å². The number of carbonyl (C=O) groups excluding carboxylic acids is 2. The molecule has 1 aromatic rings. The summed E-state index contributed by atoms with van der Waals surface area (Å²) in [7, 11) is 0. The van der Waals surface area contributed by atoms with Gasteiger partial charge in [0.2, 0.25) is 11.8 Å². The Kier molecular flexibility index (Phi) is 5.77. The van der Waals surface area contributed by atoms with Gasteiger partial charge in [-0.25, -0.2) is 0 Å². The smallest absolute Gasteiger partial charge is 0.225 e. The summed E-state index contributed by atoms with van der Waals surface area (Å²) >= 11 is 0. The Labute approximate surface area is 161 Å². The van der Waals surface area contributed by atoms with E-state index in [0.717, 1.165) is 44.3 Å². The summed E-state index contributed by atoms with van der Waals surface area (Å²) in [5.74, 6) is 0.858. The molecule has 5 nitrogen and oxygen atoms in total. The highest BCUT2D eigenvalue weighted by atomic mass is 16.5. The molecule has 27 heavy (non-hydrogen) atoms. The molecule has 1 unspecified atom stereocenters. The minimum atomic E-state index is -0.0343. The zero-order chi connectivity index (χ0) is 18.6. The number of rotatable bonds is 3. The van der Waals surface area contributed by atoms with Gasteiger partial charge in [0, 0.05) is 31.5 Å². The van der Waals surface area contributed by atoms with Crippen molar-refractivity contribution in [2.45, 2.75) is 44.6 Å². The number of hydrogen-bond donors (Lipinski definition) is 0. The van der Waals surface area contributed by atoms with Crippen molar-refractivity contribution in [2.24, 2.45) is 11.8 Å². The predicted octanol–water partition coefficient (Wildman–Crippen LogP) is 3.02. The van der Waals surface area contributed by atoms with Crippen LogP contribution < -0.4 is 0 Å². The largest absolute Gasteiger partial charge is 0.370 e. The second-order valence-corrected chi connectivity index (χ2v) is 8.14. The molecule has 0 radical (unpaired) electrons. The number of amides is 2. The molecule has 3 fully saturated rings. The third-order valence-corrected chi connectivity index (χ3v) is 6.41. The van der Waals surface area contributed by atoms with Gasteiger partial charge >= 0.3 is 0 Å². The first-order valence-corrected chi connectivity index (χ1v) is 10.5. The van der Waals surface area contributed by atoms with Gasteiger partial charge in [-0.3, -0.25) is 9.59 Å². The molecule has 3 aliphatic rings. The third kappa shape index (κ3) is 4.18. The summed E-state index contributed by atoms with van der Waals surface area (Å²) in [4.78, 5) is 29.6. The molecule has 0 N–H and O–H groups in total. The Morgan fingerprint density at radius 1 is 0.815 bits per heavy atom. The number of morpholine rings is 1. The van der Waals surface area contributed by atoms with Crippen LogP contribution in [0.5, 0.6) is 0 Å². The summed E-state index contributed by atoms with van der Waals surface area (Å²) in [6.07, 6.45) is 6.03. The summed E-state index contributed by atoms with van der Waals surface area (Å²) < 4.78 is 5.89. The summed E-state index contributed by atoms with van der Waals surface area (Å²) in [6.45, 7) is 3.36. The van der Waals surface area contributed by atoms with Crippen molar-refractivity contribution in [1.29, 1.82) is 0 Å². The van der Waals surface area contributed by atoms with Gasteiger partial charge in [0.15, 0.2) is 0 Å². The molecule has 1 aromatic carbocycles. The van der Waals surface area contributed by atoms with Crippen molar-refractivity contribution in [3.63, 3.8) is 0 Å². The zero-order valence-electron chi connectivity index (χ0n) is 16.0. The molecule has 5 heteroatoms. The van der Waals surface area contributed by atoms with Crippen molar-refractivity contribution in [3.05, 3.63) is 35.9 Å². The van der Waals surface area contributed by atoms with Gasteiger partial charge in [0.1, 0.15) is 6.10 Å². The second-order valence-electron chi connectivity index (χ2n) is 8.14. The number of ether oxygens (including phenoxy) is 1. The first-order chi connectivity index (χ1) is 13.2. The van der Waals surface area contributed by atoms with Gasteiger partial charge in [-0.2, -0.15) is 0 Å². The summed E-state index contributed by atoms with van der Waals surface area (Å²) in [6, 6.07) is 10.1. The van der Waals surface area contributed by atoms with Crippen LogP contribution in [0.25, 0.3) is 0 Å². The highest BCUT2D eigenvalue weighted by Gasteiger charge is 2.35. The number of nitrogens with zero attached hydrogens (tertiary/aromatic N) is 2. The molecular formula is C22H30N2O3. The van der Waals surface area contributed by atoms with Crippen LogP contribution in [0.4, 0.5) is 0 Å². The molecule has 0 spiro atoms. The Morgan fingerprint density at radius 2 is 1.44 bits per heavy atom. The number of carbonyl (C=O) groups is 2. The number of benzene rings is 1. The van der Waals surface area contributed by atoms with E-state index < -0.39 is 0 Å². The lowest BCUT2D eigenvalue weighted by Gasteiger charge is -2.38. The molecule has 2 aliphatic heterocycles. The fraction of sp³-hybridized carbons (Fsp3) is 0.636. The molecule has 146 valence electrons. The summed E-state index contributed by atoms with van der Waals surface area (Å²) in [5, 5.41) is 0. The second kappa shape index (κ2) is 8.42. The van der Waals surface area contributed by atoms with Gasteiger partial charge in [-0.05, 0) is 31.2 Å². The molecule has 0 bridgehead atoms. The van der Waals surface area contributed by atoms with Crippen LogP contribution in [0.3, 0.4) is 0 Å². The summed E-state index contributed by atoms with van der Waals surface area (Å²) in [5.41, 5.74) is 1.13. The van der Waals surface area contributed by atoms with E-state index in [0.29, 0.717) is 25.6 Å². The standard InChI is InChI=1S/C22H30N2O3/c25-21(18-8-4-5-9-18)23-12-10-19(11-13-23)22(26)24-14-15-27-20(16-24)17-6-2-1-3-7-17/h1-3,6-7,18-20H,4-5,8-16H2. The maximum Gasteiger partial charge on any atom is 0.225 e. The zero-order valence-corrected chi connectivity index (χ0v) is 16.0. The minimum absolute atomic E-state index is 0.0343. The lowest BCUT2D eigenvalue weighted by Crippen LogP contribution is -2.48. The first-order valence-electron chi connectivity index (χ1n) is 10.5. The Morgan fingerprint density at radius 3 is 2.15 bits per heavy atom. The molecule has 2 saturated heterocycles. The van der Waals surface area contributed by atoms with Crippen molar-refractivity contribution in [1.82, 2.24) is 9.80 Å². The van der Waals surface area contributed by atoms with Crippen LogP contribution in [-0.2, 0) is 14.3 Å². The molecule has 0 aromatic heterocycles. The molecule has 1 atom stereocenters. The molecule has 2 amide bonds. The van der Waals surface area contributed by atoms with Gasteiger partial charge in [0.25, 0.3) is 0 Å². The molecule has 1 saturated carbocycles. The van der Waals surface area contributed by atoms with Crippen LogP contribution in [0.1, 0.15) is 50.2 Å². The SMILES string of the molecule is O=C(C1CCCC1)N1CCC(C(=O)N2CCOC(c3ccccc3)C2)CC1. The molecule has 4 rings (SSSR count). The van der Waals surface area contributed by atoms with Gasteiger partial charge in [0.05, 0.1) is 13.2 Å². The van der Waals surface area contributed by atoms with Crippen LogP contribution >= 0.6 is 0 Å². The molecule has 1 aliphatic carbocycles. The van der Waals surface area contributed by atoms with E-state index in [-0.39, 0.29) is 23.8 Å². The number of likely N-dealkylation sites (tertiary alicyclic amines) is 1. The minimum Gasteiger partial charge on any atom is -0.370 e. The van der Waals surface area contributed by atoms with Crippen LogP contribution in [0, 0.1) is 11.8 Å². The first kappa shape index (κ1) is 18.5. The van der Waals surface area contributed by atoms with E-state index in [2.05, 4.69) is 12.1 Å². The van der Waals surface area contributed by atoms with Crippen molar-refractivity contribution in [2.75, 3.05) is 32.8 Å². The fourth-order valence-electron chi connectivity index (χ4n) is 4.75. The van der Waals surface area contributed by atoms with Crippen molar-refractivity contribution in [3.8, 4) is 0 Å². The van der Waals surface area contributed by atoms with E-state index in [1.165, 1.54) is 12.8 Å². The topological polar surface area (TPSA) is 49.9 Å². The lowest BCUT2D eigenvalue weighted by molar-refractivity contribution is -0.147. The fourth-order valence-corrected chi connectivity index (χ4v) is 4.75. The van der Waals surface area contributed by atoms with Crippen LogP contribution in [-0.4, -0.2) is 54.4 Å².